The monoisotopic (exact) mass is 215 g/mol. The Bertz CT molecular complexity index is 242. The number of nitrogens with zero attached hydrogens (tertiary/aromatic N) is 1. The Morgan fingerprint density at radius 3 is 2.87 bits per heavy atom. The quantitative estimate of drug-likeness (QED) is 0.724. The molecule has 0 radical (unpaired) electrons. The molecular weight excluding hydrogens is 198 g/mol. The zero-order valence-electron chi connectivity index (χ0n) is 8.94. The summed E-state index contributed by atoms with van der Waals surface area (Å²) in [6.07, 6.45) is 1.71. The van der Waals surface area contributed by atoms with Crippen LogP contribution in [0.2, 0.25) is 0 Å². The zero-order valence-corrected chi connectivity index (χ0v) is 8.94. The molecule has 0 aliphatic carbocycles. The first kappa shape index (κ1) is 12.0. The van der Waals surface area contributed by atoms with E-state index in [1.807, 2.05) is 6.92 Å². The van der Waals surface area contributed by atoms with E-state index < -0.39 is 5.97 Å². The maximum absolute atomic E-state index is 11.6. The highest BCUT2D eigenvalue weighted by Gasteiger charge is 2.29. The normalized spacial score (nSPS) is 20.6. The lowest BCUT2D eigenvalue weighted by atomic mass is 10.1. The molecule has 1 heterocycles. The Labute approximate surface area is 89.0 Å². The third kappa shape index (κ3) is 3.51. The molecule has 1 N–H and O–H groups in total. The molecule has 1 aliphatic rings. The van der Waals surface area contributed by atoms with E-state index in [2.05, 4.69) is 0 Å². The third-order valence-corrected chi connectivity index (χ3v) is 2.54. The molecule has 0 aromatic rings. The molecule has 0 spiro atoms. The fourth-order valence-corrected chi connectivity index (χ4v) is 1.85. The van der Waals surface area contributed by atoms with Crippen molar-refractivity contribution < 1.29 is 19.4 Å². The van der Waals surface area contributed by atoms with Crippen molar-refractivity contribution in [3.05, 3.63) is 0 Å². The summed E-state index contributed by atoms with van der Waals surface area (Å²) < 4.78 is 5.02. The summed E-state index contributed by atoms with van der Waals surface area (Å²) in [6, 6.07) is -0.143. The minimum absolute atomic E-state index is 0.0395. The van der Waals surface area contributed by atoms with E-state index in [1.54, 1.807) is 4.90 Å². The van der Waals surface area contributed by atoms with Crippen molar-refractivity contribution in [1.29, 1.82) is 0 Å². The second-order valence-corrected chi connectivity index (χ2v) is 3.62. The van der Waals surface area contributed by atoms with E-state index in [1.165, 1.54) is 0 Å². The molecule has 1 saturated heterocycles. The van der Waals surface area contributed by atoms with Gasteiger partial charge in [0.1, 0.15) is 6.61 Å². The van der Waals surface area contributed by atoms with Gasteiger partial charge in [-0.25, -0.2) is 0 Å². The van der Waals surface area contributed by atoms with E-state index >= 15 is 0 Å². The number of carbonyl (C=O) groups is 2. The molecule has 1 atom stereocenters. The Morgan fingerprint density at radius 1 is 1.53 bits per heavy atom. The predicted octanol–water partition coefficient (Wildman–Crippen LogP) is 0.489. The highest BCUT2D eigenvalue weighted by molar-refractivity contribution is 5.79. The lowest BCUT2D eigenvalue weighted by Gasteiger charge is -2.23. The minimum Gasteiger partial charge on any atom is -0.481 e. The van der Waals surface area contributed by atoms with Gasteiger partial charge >= 0.3 is 5.97 Å². The number of carboxylic acid groups (broad SMARTS) is 1. The summed E-state index contributed by atoms with van der Waals surface area (Å²) in [5.41, 5.74) is 0. The van der Waals surface area contributed by atoms with Gasteiger partial charge in [-0.1, -0.05) is 0 Å². The standard InChI is InChI=1S/C10H17NO4/c1-2-15-7-9(12)11-5-3-4-8(11)6-10(13)14/h8H,2-7H2,1H3,(H,13,14). The van der Waals surface area contributed by atoms with Gasteiger partial charge in [0, 0.05) is 19.2 Å². The van der Waals surface area contributed by atoms with E-state index in [0.717, 1.165) is 12.8 Å². The first-order chi connectivity index (χ1) is 7.15. The van der Waals surface area contributed by atoms with E-state index in [9.17, 15) is 9.59 Å². The minimum atomic E-state index is -0.851. The molecule has 1 unspecified atom stereocenters. The number of ether oxygens (including phenoxy) is 1. The van der Waals surface area contributed by atoms with Crippen LogP contribution >= 0.6 is 0 Å². The molecular formula is C10H17NO4. The maximum atomic E-state index is 11.6. The van der Waals surface area contributed by atoms with Gasteiger partial charge in [0.05, 0.1) is 6.42 Å². The summed E-state index contributed by atoms with van der Waals surface area (Å²) in [5, 5.41) is 8.68. The van der Waals surface area contributed by atoms with Gasteiger partial charge in [-0.2, -0.15) is 0 Å². The summed E-state index contributed by atoms with van der Waals surface area (Å²) >= 11 is 0. The number of hydrogen-bond donors (Lipinski definition) is 1. The van der Waals surface area contributed by atoms with Gasteiger partial charge in [-0.15, -0.1) is 0 Å². The van der Waals surface area contributed by atoms with E-state index in [0.29, 0.717) is 13.2 Å². The second kappa shape index (κ2) is 5.70. The first-order valence-electron chi connectivity index (χ1n) is 5.24. The molecule has 1 fully saturated rings. The van der Waals surface area contributed by atoms with Gasteiger partial charge < -0.3 is 14.7 Å². The molecule has 5 nitrogen and oxygen atoms in total. The molecule has 1 aliphatic heterocycles. The van der Waals surface area contributed by atoms with Crippen LogP contribution < -0.4 is 0 Å². The molecule has 0 saturated carbocycles. The molecule has 5 heteroatoms. The van der Waals surface area contributed by atoms with Crippen LogP contribution in [0.25, 0.3) is 0 Å². The second-order valence-electron chi connectivity index (χ2n) is 3.62. The highest BCUT2D eigenvalue weighted by Crippen LogP contribution is 2.20. The summed E-state index contributed by atoms with van der Waals surface area (Å²) in [5.74, 6) is -0.947. The average Bonchev–Trinajstić information content (AvgIpc) is 2.61. The molecule has 15 heavy (non-hydrogen) atoms. The lowest BCUT2D eigenvalue weighted by molar-refractivity contribution is -0.141. The molecule has 1 rings (SSSR count). The topological polar surface area (TPSA) is 66.8 Å². The molecule has 0 aromatic heterocycles. The van der Waals surface area contributed by atoms with Gasteiger partial charge in [-0.05, 0) is 19.8 Å². The van der Waals surface area contributed by atoms with Crippen molar-refractivity contribution in [1.82, 2.24) is 4.90 Å². The van der Waals surface area contributed by atoms with Crippen molar-refractivity contribution in [2.45, 2.75) is 32.2 Å². The Hall–Kier alpha value is -1.10. The van der Waals surface area contributed by atoms with Crippen molar-refractivity contribution in [2.75, 3.05) is 19.8 Å². The van der Waals surface area contributed by atoms with Crippen LogP contribution in [-0.4, -0.2) is 47.7 Å². The number of carbonyl (C=O) groups excluding carboxylic acids is 1. The molecule has 86 valence electrons. The van der Waals surface area contributed by atoms with Crippen LogP contribution in [0.3, 0.4) is 0 Å². The number of amides is 1. The van der Waals surface area contributed by atoms with Crippen molar-refractivity contribution in [3.8, 4) is 0 Å². The lowest BCUT2D eigenvalue weighted by Crippen LogP contribution is -2.39. The Morgan fingerprint density at radius 2 is 2.27 bits per heavy atom. The maximum Gasteiger partial charge on any atom is 0.305 e. The van der Waals surface area contributed by atoms with Crippen LogP contribution in [0.5, 0.6) is 0 Å². The molecule has 0 bridgehead atoms. The van der Waals surface area contributed by atoms with Gasteiger partial charge in [0.25, 0.3) is 0 Å². The first-order valence-corrected chi connectivity index (χ1v) is 5.24. The van der Waals surface area contributed by atoms with Crippen LogP contribution in [-0.2, 0) is 14.3 Å². The van der Waals surface area contributed by atoms with Crippen LogP contribution in [0.1, 0.15) is 26.2 Å². The van der Waals surface area contributed by atoms with Crippen LogP contribution in [0.4, 0.5) is 0 Å². The van der Waals surface area contributed by atoms with Gasteiger partial charge in [-0.3, -0.25) is 9.59 Å². The summed E-state index contributed by atoms with van der Waals surface area (Å²) in [4.78, 5) is 23.8. The summed E-state index contributed by atoms with van der Waals surface area (Å²) in [7, 11) is 0. The fourth-order valence-electron chi connectivity index (χ4n) is 1.85. The van der Waals surface area contributed by atoms with Gasteiger partial charge in [0.15, 0.2) is 0 Å². The molecule has 1 amide bonds. The fraction of sp³-hybridized carbons (Fsp3) is 0.800. The number of aliphatic carboxylic acids is 1. The van der Waals surface area contributed by atoms with E-state index in [4.69, 9.17) is 9.84 Å². The Balaban J connectivity index is 2.44. The molecule has 0 aromatic carbocycles. The number of likely N-dealkylation sites (tertiary alicyclic amines) is 1. The van der Waals surface area contributed by atoms with Crippen molar-refractivity contribution >= 4 is 11.9 Å². The predicted molar refractivity (Wildman–Crippen MR) is 53.5 cm³/mol. The van der Waals surface area contributed by atoms with Crippen LogP contribution in [0.15, 0.2) is 0 Å². The largest absolute Gasteiger partial charge is 0.481 e. The number of rotatable bonds is 5. The number of hydrogen-bond acceptors (Lipinski definition) is 3. The summed E-state index contributed by atoms with van der Waals surface area (Å²) in [6.45, 7) is 3.05. The van der Waals surface area contributed by atoms with E-state index in [-0.39, 0.29) is 25.0 Å². The SMILES string of the molecule is CCOCC(=O)N1CCCC1CC(=O)O. The highest BCUT2D eigenvalue weighted by atomic mass is 16.5. The van der Waals surface area contributed by atoms with Gasteiger partial charge in [0.2, 0.25) is 5.91 Å². The number of carboxylic acids is 1. The van der Waals surface area contributed by atoms with Crippen molar-refractivity contribution in [2.24, 2.45) is 0 Å². The smallest absolute Gasteiger partial charge is 0.305 e. The Kier molecular flexibility index (Phi) is 4.55. The average molecular weight is 215 g/mol. The third-order valence-electron chi connectivity index (χ3n) is 2.54. The van der Waals surface area contributed by atoms with Crippen molar-refractivity contribution in [3.63, 3.8) is 0 Å². The van der Waals surface area contributed by atoms with Crippen LogP contribution in [0, 0.1) is 0 Å². The zero-order chi connectivity index (χ0) is 11.3.